The zero-order valence-corrected chi connectivity index (χ0v) is 17.1. The topological polar surface area (TPSA) is 108 Å². The van der Waals surface area contributed by atoms with Crippen LogP contribution in [0.25, 0.3) is 0 Å². The van der Waals surface area contributed by atoms with Crippen LogP contribution in [-0.2, 0) is 16.0 Å². The molecule has 3 heterocycles. The van der Waals surface area contributed by atoms with Crippen LogP contribution < -0.4 is 5.32 Å². The maximum atomic E-state index is 12.8. The van der Waals surface area contributed by atoms with Crippen LogP contribution in [0.5, 0.6) is 0 Å². The second-order valence-corrected chi connectivity index (χ2v) is 8.21. The molecule has 28 heavy (non-hydrogen) atoms. The van der Waals surface area contributed by atoms with Crippen molar-refractivity contribution in [1.82, 2.24) is 20.4 Å². The summed E-state index contributed by atoms with van der Waals surface area (Å²) in [7, 11) is 0. The lowest BCUT2D eigenvalue weighted by atomic mass is 9.73. The standard InChI is InChI=1S/C20H32N4O4/c1-4-6-14-13-15(23-22-14)17(26)24-10-7-20(8-11-24)18(27)19(3,9-12-28-20)21-16(25)5-2/h13,18,27H,4-12H2,1-3H3,(H,21,25)(H,22,23)/t18-,19+/m1/s1. The normalized spacial score (nSPS) is 27.0. The number of nitrogens with one attached hydrogen (secondary N) is 2. The van der Waals surface area contributed by atoms with Crippen LogP contribution in [0.3, 0.4) is 0 Å². The van der Waals surface area contributed by atoms with Gasteiger partial charge in [0.2, 0.25) is 5.91 Å². The number of carbonyl (C=O) groups is 2. The number of aryl methyl sites for hydroxylation is 1. The second kappa shape index (κ2) is 8.21. The number of amides is 2. The highest BCUT2D eigenvalue weighted by atomic mass is 16.5. The van der Waals surface area contributed by atoms with Gasteiger partial charge in [-0.1, -0.05) is 20.3 Å². The third-order valence-electron chi connectivity index (χ3n) is 6.13. The van der Waals surface area contributed by atoms with Gasteiger partial charge in [0.1, 0.15) is 11.8 Å². The Kier molecular flexibility index (Phi) is 6.09. The van der Waals surface area contributed by atoms with Gasteiger partial charge in [-0.25, -0.2) is 0 Å². The molecule has 8 nitrogen and oxygen atoms in total. The summed E-state index contributed by atoms with van der Waals surface area (Å²) in [6, 6.07) is 1.82. The number of H-pyrrole nitrogens is 1. The predicted octanol–water partition coefficient (Wildman–Crippen LogP) is 1.40. The van der Waals surface area contributed by atoms with Crippen molar-refractivity contribution >= 4 is 11.8 Å². The van der Waals surface area contributed by atoms with Crippen LogP contribution in [0, 0.1) is 0 Å². The van der Waals surface area contributed by atoms with E-state index in [1.807, 2.05) is 13.0 Å². The summed E-state index contributed by atoms with van der Waals surface area (Å²) < 4.78 is 6.04. The number of aromatic nitrogens is 2. The number of aliphatic hydroxyl groups excluding tert-OH is 1. The molecule has 2 atom stereocenters. The summed E-state index contributed by atoms with van der Waals surface area (Å²) in [4.78, 5) is 26.5. The molecule has 0 bridgehead atoms. The Bertz CT molecular complexity index is 711. The number of hydrogen-bond acceptors (Lipinski definition) is 5. The lowest BCUT2D eigenvalue weighted by molar-refractivity contribution is -0.205. The Morgan fingerprint density at radius 2 is 2.07 bits per heavy atom. The molecular weight excluding hydrogens is 360 g/mol. The number of ether oxygens (including phenoxy) is 1. The van der Waals surface area contributed by atoms with Gasteiger partial charge in [-0.15, -0.1) is 0 Å². The van der Waals surface area contributed by atoms with Crippen molar-refractivity contribution in [3.63, 3.8) is 0 Å². The van der Waals surface area contributed by atoms with Crippen LogP contribution in [-0.4, -0.2) is 69.0 Å². The SMILES string of the molecule is CCCc1cc(C(=O)N2CCC3(CC2)OCC[C@](C)(NC(=O)CC)[C@H]3O)n[nH]1. The predicted molar refractivity (Wildman–Crippen MR) is 104 cm³/mol. The lowest BCUT2D eigenvalue weighted by Crippen LogP contribution is -2.69. The monoisotopic (exact) mass is 392 g/mol. The smallest absolute Gasteiger partial charge is 0.274 e. The van der Waals surface area contributed by atoms with E-state index in [1.165, 1.54) is 0 Å². The Balaban J connectivity index is 1.65. The zero-order chi connectivity index (χ0) is 20.4. The highest BCUT2D eigenvalue weighted by Gasteiger charge is 2.54. The van der Waals surface area contributed by atoms with E-state index in [2.05, 4.69) is 22.4 Å². The molecule has 0 unspecified atom stereocenters. The van der Waals surface area contributed by atoms with Gasteiger partial charge in [0.05, 0.1) is 11.1 Å². The van der Waals surface area contributed by atoms with Gasteiger partial charge < -0.3 is 20.1 Å². The molecule has 2 amide bonds. The van der Waals surface area contributed by atoms with E-state index < -0.39 is 17.2 Å². The number of likely N-dealkylation sites (tertiary alicyclic amines) is 1. The molecule has 8 heteroatoms. The average Bonchev–Trinajstić information content (AvgIpc) is 3.15. The molecule has 1 aromatic heterocycles. The largest absolute Gasteiger partial charge is 0.388 e. The van der Waals surface area contributed by atoms with Gasteiger partial charge in [-0.05, 0) is 38.7 Å². The van der Waals surface area contributed by atoms with Gasteiger partial charge in [-0.2, -0.15) is 5.10 Å². The first-order valence-electron chi connectivity index (χ1n) is 10.3. The minimum Gasteiger partial charge on any atom is -0.388 e. The summed E-state index contributed by atoms with van der Waals surface area (Å²) in [5.41, 5.74) is -0.0456. The number of nitrogens with zero attached hydrogens (tertiary/aromatic N) is 2. The van der Waals surface area contributed by atoms with E-state index >= 15 is 0 Å². The van der Waals surface area contributed by atoms with Gasteiger partial charge >= 0.3 is 0 Å². The summed E-state index contributed by atoms with van der Waals surface area (Å²) in [6.07, 6.45) is 3.05. The van der Waals surface area contributed by atoms with Gasteiger partial charge in [-0.3, -0.25) is 14.7 Å². The van der Waals surface area contributed by atoms with E-state index in [1.54, 1.807) is 11.8 Å². The molecule has 2 saturated heterocycles. The third kappa shape index (κ3) is 3.93. The van der Waals surface area contributed by atoms with Crippen molar-refractivity contribution < 1.29 is 19.4 Å². The van der Waals surface area contributed by atoms with Crippen molar-refractivity contribution in [3.05, 3.63) is 17.5 Å². The van der Waals surface area contributed by atoms with Gasteiger partial charge in [0.15, 0.2) is 0 Å². The van der Waals surface area contributed by atoms with Crippen LogP contribution in [0.1, 0.15) is 69.1 Å². The van der Waals surface area contributed by atoms with Crippen molar-refractivity contribution in [2.45, 2.75) is 76.5 Å². The van der Waals surface area contributed by atoms with Crippen molar-refractivity contribution in [1.29, 1.82) is 0 Å². The Morgan fingerprint density at radius 1 is 1.36 bits per heavy atom. The molecule has 1 aromatic rings. The fraction of sp³-hybridized carbons (Fsp3) is 0.750. The zero-order valence-electron chi connectivity index (χ0n) is 17.1. The first-order valence-corrected chi connectivity index (χ1v) is 10.3. The lowest BCUT2D eigenvalue weighted by Gasteiger charge is -2.53. The Labute approximate surface area is 166 Å². The molecule has 156 valence electrons. The number of aliphatic hydroxyl groups is 1. The first kappa shape index (κ1) is 20.8. The molecule has 3 N–H and O–H groups in total. The maximum absolute atomic E-state index is 12.8. The van der Waals surface area contributed by atoms with E-state index in [-0.39, 0.29) is 11.8 Å². The van der Waals surface area contributed by atoms with Crippen molar-refractivity contribution in [2.75, 3.05) is 19.7 Å². The molecule has 0 aliphatic carbocycles. The number of hydrogen-bond donors (Lipinski definition) is 3. The minimum atomic E-state index is -0.817. The Hall–Kier alpha value is -1.93. The summed E-state index contributed by atoms with van der Waals surface area (Å²) in [6.45, 7) is 7.22. The van der Waals surface area contributed by atoms with E-state index in [4.69, 9.17) is 4.74 Å². The van der Waals surface area contributed by atoms with Crippen LogP contribution >= 0.6 is 0 Å². The third-order valence-corrected chi connectivity index (χ3v) is 6.13. The molecule has 0 radical (unpaired) electrons. The summed E-state index contributed by atoms with van der Waals surface area (Å²) in [5.74, 6) is -0.173. The fourth-order valence-electron chi connectivity index (χ4n) is 4.34. The van der Waals surface area contributed by atoms with E-state index in [9.17, 15) is 14.7 Å². The second-order valence-electron chi connectivity index (χ2n) is 8.21. The van der Waals surface area contributed by atoms with Gasteiger partial charge in [0.25, 0.3) is 5.91 Å². The molecule has 3 rings (SSSR count). The minimum absolute atomic E-state index is 0.0763. The molecule has 1 spiro atoms. The van der Waals surface area contributed by atoms with Crippen molar-refractivity contribution in [3.8, 4) is 0 Å². The van der Waals surface area contributed by atoms with E-state index in [0.717, 1.165) is 18.5 Å². The molecule has 2 fully saturated rings. The quantitative estimate of drug-likeness (QED) is 0.702. The van der Waals surface area contributed by atoms with Crippen LogP contribution in [0.2, 0.25) is 0 Å². The number of carbonyl (C=O) groups excluding carboxylic acids is 2. The molecule has 2 aliphatic heterocycles. The number of piperidine rings is 1. The maximum Gasteiger partial charge on any atom is 0.274 e. The summed E-state index contributed by atoms with van der Waals surface area (Å²) >= 11 is 0. The molecule has 0 saturated carbocycles. The fourth-order valence-corrected chi connectivity index (χ4v) is 4.34. The highest BCUT2D eigenvalue weighted by Crippen LogP contribution is 2.40. The van der Waals surface area contributed by atoms with Crippen molar-refractivity contribution in [2.24, 2.45) is 0 Å². The highest BCUT2D eigenvalue weighted by molar-refractivity contribution is 5.92. The Morgan fingerprint density at radius 3 is 2.71 bits per heavy atom. The van der Waals surface area contributed by atoms with Gasteiger partial charge in [0, 0.05) is 31.8 Å². The number of aromatic amines is 1. The summed E-state index contributed by atoms with van der Waals surface area (Å²) in [5, 5.41) is 21.1. The molecule has 2 aliphatic rings. The van der Waals surface area contributed by atoms with Crippen LogP contribution in [0.4, 0.5) is 0 Å². The first-order chi connectivity index (χ1) is 13.3. The van der Waals surface area contributed by atoms with E-state index in [0.29, 0.717) is 51.1 Å². The van der Waals surface area contributed by atoms with Crippen LogP contribution in [0.15, 0.2) is 6.07 Å². The molecule has 0 aromatic carbocycles. The average molecular weight is 392 g/mol. The number of rotatable bonds is 5. The molecular formula is C20H32N4O4.